The van der Waals surface area contributed by atoms with Gasteiger partial charge in [0.2, 0.25) is 0 Å². The van der Waals surface area contributed by atoms with E-state index in [1.165, 1.54) is 0 Å². The lowest BCUT2D eigenvalue weighted by atomic mass is 10.1. The monoisotopic (exact) mass is 308 g/mol. The van der Waals surface area contributed by atoms with Crippen LogP contribution in [0.1, 0.15) is 32.6 Å². The van der Waals surface area contributed by atoms with E-state index in [1.807, 2.05) is 12.1 Å². The minimum absolute atomic E-state index is 0.0349. The second-order valence-corrected chi connectivity index (χ2v) is 5.28. The van der Waals surface area contributed by atoms with Crippen LogP contribution in [0.15, 0.2) is 24.3 Å². The van der Waals surface area contributed by atoms with E-state index in [1.54, 1.807) is 12.1 Å². The van der Waals surface area contributed by atoms with E-state index in [2.05, 4.69) is 6.92 Å². The van der Waals surface area contributed by atoms with Gasteiger partial charge in [-0.3, -0.25) is 0 Å². The summed E-state index contributed by atoms with van der Waals surface area (Å²) >= 11 is 0. The van der Waals surface area contributed by atoms with Crippen LogP contribution in [0.25, 0.3) is 0 Å². The molecule has 1 saturated heterocycles. The molecule has 0 saturated carbocycles. The highest BCUT2D eigenvalue weighted by Gasteiger charge is 2.16. The van der Waals surface area contributed by atoms with Crippen LogP contribution in [0.3, 0.4) is 0 Å². The van der Waals surface area contributed by atoms with Crippen molar-refractivity contribution in [1.29, 1.82) is 0 Å². The molecule has 5 nitrogen and oxygen atoms in total. The van der Waals surface area contributed by atoms with Crippen LogP contribution >= 0.6 is 0 Å². The summed E-state index contributed by atoms with van der Waals surface area (Å²) in [7, 11) is 0. The molecule has 122 valence electrons. The SMILES string of the molecule is CCCOc1ccc(OCC(=O)OCC2CCCCO2)cc1. The van der Waals surface area contributed by atoms with Crippen molar-refractivity contribution in [3.8, 4) is 11.5 Å². The fourth-order valence-corrected chi connectivity index (χ4v) is 2.16. The molecular formula is C17H24O5. The van der Waals surface area contributed by atoms with E-state index < -0.39 is 0 Å². The van der Waals surface area contributed by atoms with E-state index >= 15 is 0 Å². The van der Waals surface area contributed by atoms with E-state index in [-0.39, 0.29) is 18.7 Å². The lowest BCUT2D eigenvalue weighted by Crippen LogP contribution is -2.27. The van der Waals surface area contributed by atoms with Crippen LogP contribution < -0.4 is 9.47 Å². The maximum Gasteiger partial charge on any atom is 0.344 e. The van der Waals surface area contributed by atoms with E-state index in [0.29, 0.717) is 19.0 Å². The minimum Gasteiger partial charge on any atom is -0.494 e. The van der Waals surface area contributed by atoms with Crippen molar-refractivity contribution < 1.29 is 23.7 Å². The Labute approximate surface area is 131 Å². The molecule has 5 heteroatoms. The summed E-state index contributed by atoms with van der Waals surface area (Å²) in [6, 6.07) is 7.21. The summed E-state index contributed by atoms with van der Waals surface area (Å²) in [5, 5.41) is 0. The molecule has 1 heterocycles. The number of rotatable bonds is 8. The molecule has 1 aliphatic heterocycles. The summed E-state index contributed by atoms with van der Waals surface area (Å²) in [5.41, 5.74) is 0. The van der Waals surface area contributed by atoms with E-state index in [9.17, 15) is 4.79 Å². The van der Waals surface area contributed by atoms with Crippen molar-refractivity contribution in [3.63, 3.8) is 0 Å². The van der Waals surface area contributed by atoms with Crippen molar-refractivity contribution in [3.05, 3.63) is 24.3 Å². The Morgan fingerprint density at radius 3 is 2.55 bits per heavy atom. The Hall–Kier alpha value is -1.75. The Bertz CT molecular complexity index is 437. The van der Waals surface area contributed by atoms with Crippen molar-refractivity contribution in [2.45, 2.75) is 38.7 Å². The van der Waals surface area contributed by atoms with E-state index in [4.69, 9.17) is 18.9 Å². The Balaban J connectivity index is 1.64. The summed E-state index contributed by atoms with van der Waals surface area (Å²) in [4.78, 5) is 11.6. The minimum atomic E-state index is -0.375. The molecule has 0 bridgehead atoms. The number of hydrogen-bond acceptors (Lipinski definition) is 5. The molecule has 1 fully saturated rings. The number of benzene rings is 1. The Morgan fingerprint density at radius 2 is 1.91 bits per heavy atom. The second-order valence-electron chi connectivity index (χ2n) is 5.28. The van der Waals surface area contributed by atoms with Crippen LogP contribution in [-0.4, -0.2) is 38.5 Å². The first-order valence-electron chi connectivity index (χ1n) is 7.91. The van der Waals surface area contributed by atoms with E-state index in [0.717, 1.165) is 38.0 Å². The lowest BCUT2D eigenvalue weighted by Gasteiger charge is -2.22. The van der Waals surface area contributed by atoms with Gasteiger partial charge in [-0.1, -0.05) is 6.92 Å². The molecule has 1 atom stereocenters. The quantitative estimate of drug-likeness (QED) is 0.691. The first-order chi connectivity index (χ1) is 10.8. The van der Waals surface area contributed by atoms with Gasteiger partial charge in [0.15, 0.2) is 6.61 Å². The fourth-order valence-electron chi connectivity index (χ4n) is 2.16. The third kappa shape index (κ3) is 5.93. The number of hydrogen-bond donors (Lipinski definition) is 0. The third-order valence-corrected chi connectivity index (χ3v) is 3.36. The first-order valence-corrected chi connectivity index (χ1v) is 7.91. The van der Waals surface area contributed by atoms with Gasteiger partial charge in [0.1, 0.15) is 18.1 Å². The number of ether oxygens (including phenoxy) is 4. The molecule has 0 radical (unpaired) electrons. The smallest absolute Gasteiger partial charge is 0.344 e. The standard InChI is InChI=1S/C17H24O5/c1-2-10-19-14-6-8-15(9-7-14)21-13-17(18)22-12-16-5-3-4-11-20-16/h6-9,16H,2-5,10-13H2,1H3. The summed E-state index contributed by atoms with van der Waals surface area (Å²) in [6.45, 7) is 3.72. The van der Waals surface area contributed by atoms with Gasteiger partial charge in [0.25, 0.3) is 0 Å². The molecule has 0 spiro atoms. The highest BCUT2D eigenvalue weighted by Crippen LogP contribution is 2.18. The molecular weight excluding hydrogens is 284 g/mol. The predicted octanol–water partition coefficient (Wildman–Crippen LogP) is 2.97. The Morgan fingerprint density at radius 1 is 1.18 bits per heavy atom. The second kappa shape index (κ2) is 9.30. The molecule has 0 N–H and O–H groups in total. The maximum absolute atomic E-state index is 11.6. The van der Waals surface area contributed by atoms with Crippen molar-refractivity contribution in [2.75, 3.05) is 26.4 Å². The highest BCUT2D eigenvalue weighted by atomic mass is 16.6. The topological polar surface area (TPSA) is 54.0 Å². The summed E-state index contributed by atoms with van der Waals surface area (Å²) < 4.78 is 21.5. The molecule has 1 aliphatic rings. The van der Waals surface area contributed by atoms with Crippen LogP contribution in [0, 0.1) is 0 Å². The number of esters is 1. The zero-order valence-electron chi connectivity index (χ0n) is 13.1. The average molecular weight is 308 g/mol. The highest BCUT2D eigenvalue weighted by molar-refractivity contribution is 5.71. The largest absolute Gasteiger partial charge is 0.494 e. The van der Waals surface area contributed by atoms with Crippen LogP contribution in [-0.2, 0) is 14.3 Å². The number of carbonyl (C=O) groups excluding carboxylic acids is 1. The lowest BCUT2D eigenvalue weighted by molar-refractivity contribution is -0.151. The number of carbonyl (C=O) groups is 1. The van der Waals surface area contributed by atoms with Crippen molar-refractivity contribution in [1.82, 2.24) is 0 Å². The molecule has 1 unspecified atom stereocenters. The van der Waals surface area contributed by atoms with Crippen molar-refractivity contribution in [2.24, 2.45) is 0 Å². The molecule has 1 aromatic rings. The molecule has 2 rings (SSSR count). The molecule has 1 aromatic carbocycles. The molecule has 0 amide bonds. The normalized spacial score (nSPS) is 17.8. The molecule has 0 aliphatic carbocycles. The van der Waals surface area contributed by atoms with Gasteiger partial charge < -0.3 is 18.9 Å². The Kier molecular flexibility index (Phi) is 7.03. The van der Waals surface area contributed by atoms with Gasteiger partial charge in [0.05, 0.1) is 12.7 Å². The van der Waals surface area contributed by atoms with Gasteiger partial charge in [0, 0.05) is 6.61 Å². The predicted molar refractivity (Wildman–Crippen MR) is 82.3 cm³/mol. The van der Waals surface area contributed by atoms with Gasteiger partial charge in [-0.2, -0.15) is 0 Å². The summed E-state index contributed by atoms with van der Waals surface area (Å²) in [6.07, 6.45) is 4.17. The van der Waals surface area contributed by atoms with Gasteiger partial charge in [-0.05, 0) is 49.9 Å². The first kappa shape index (κ1) is 16.6. The van der Waals surface area contributed by atoms with Crippen molar-refractivity contribution >= 4 is 5.97 Å². The molecule has 0 aromatic heterocycles. The summed E-state index contributed by atoms with van der Waals surface area (Å²) in [5.74, 6) is 1.04. The zero-order chi connectivity index (χ0) is 15.6. The van der Waals surface area contributed by atoms with Crippen LogP contribution in [0.2, 0.25) is 0 Å². The van der Waals surface area contributed by atoms with Gasteiger partial charge >= 0.3 is 5.97 Å². The van der Waals surface area contributed by atoms with Crippen LogP contribution in [0.5, 0.6) is 11.5 Å². The maximum atomic E-state index is 11.6. The van der Waals surface area contributed by atoms with Gasteiger partial charge in [-0.25, -0.2) is 4.79 Å². The fraction of sp³-hybridized carbons (Fsp3) is 0.588. The van der Waals surface area contributed by atoms with Crippen LogP contribution in [0.4, 0.5) is 0 Å². The third-order valence-electron chi connectivity index (χ3n) is 3.36. The molecule has 22 heavy (non-hydrogen) atoms. The zero-order valence-corrected chi connectivity index (χ0v) is 13.1. The average Bonchev–Trinajstić information content (AvgIpc) is 2.58. The van der Waals surface area contributed by atoms with Gasteiger partial charge in [-0.15, -0.1) is 0 Å².